The number of nitrogens with zero attached hydrogens (tertiary/aromatic N) is 3. The first-order chi connectivity index (χ1) is 11.7. The Morgan fingerprint density at radius 2 is 1.92 bits per heavy atom. The lowest BCUT2D eigenvalue weighted by atomic mass is 10.2. The zero-order valence-electron chi connectivity index (χ0n) is 13.2. The van der Waals surface area contributed by atoms with E-state index in [1.165, 1.54) is 6.07 Å². The number of hydrogen-bond donors (Lipinski definition) is 1. The Labute approximate surface area is 138 Å². The SMILES string of the molecule is COc1ccc(OCCCc2nnc3c(C(=O)O)cccn23)cc1. The minimum Gasteiger partial charge on any atom is -0.497 e. The number of carboxylic acids is 1. The monoisotopic (exact) mass is 327 g/mol. The van der Waals surface area contributed by atoms with Crippen molar-refractivity contribution in [3.8, 4) is 11.5 Å². The summed E-state index contributed by atoms with van der Waals surface area (Å²) >= 11 is 0. The average molecular weight is 327 g/mol. The zero-order chi connectivity index (χ0) is 16.9. The molecule has 0 saturated carbocycles. The molecule has 2 heterocycles. The van der Waals surface area contributed by atoms with Crippen molar-refractivity contribution in [3.05, 3.63) is 54.0 Å². The van der Waals surface area contributed by atoms with Gasteiger partial charge in [0.25, 0.3) is 0 Å². The highest BCUT2D eigenvalue weighted by Gasteiger charge is 2.13. The van der Waals surface area contributed by atoms with Crippen molar-refractivity contribution in [1.29, 1.82) is 0 Å². The maximum Gasteiger partial charge on any atom is 0.339 e. The van der Waals surface area contributed by atoms with Gasteiger partial charge in [-0.3, -0.25) is 4.40 Å². The second-order valence-corrected chi connectivity index (χ2v) is 5.16. The summed E-state index contributed by atoms with van der Waals surface area (Å²) in [5.74, 6) is 1.26. The molecule has 2 aromatic heterocycles. The zero-order valence-corrected chi connectivity index (χ0v) is 13.2. The van der Waals surface area contributed by atoms with Crippen LogP contribution < -0.4 is 9.47 Å². The quantitative estimate of drug-likeness (QED) is 0.671. The number of aromatic carboxylic acids is 1. The Balaban J connectivity index is 1.59. The molecule has 3 rings (SSSR count). The van der Waals surface area contributed by atoms with Crippen LogP contribution in [0.3, 0.4) is 0 Å². The number of ether oxygens (including phenoxy) is 2. The normalized spacial score (nSPS) is 10.7. The number of benzene rings is 1. The van der Waals surface area contributed by atoms with Crippen molar-refractivity contribution >= 4 is 11.6 Å². The topological polar surface area (TPSA) is 86.0 Å². The molecule has 1 N–H and O–H groups in total. The molecule has 0 aliphatic rings. The van der Waals surface area contributed by atoms with Gasteiger partial charge < -0.3 is 14.6 Å². The maximum absolute atomic E-state index is 11.2. The molecular formula is C17H17N3O4. The van der Waals surface area contributed by atoms with Crippen LogP contribution in [0.5, 0.6) is 11.5 Å². The van der Waals surface area contributed by atoms with Gasteiger partial charge in [-0.1, -0.05) is 0 Å². The van der Waals surface area contributed by atoms with E-state index in [0.717, 1.165) is 17.9 Å². The lowest BCUT2D eigenvalue weighted by molar-refractivity contribution is 0.0698. The molecule has 0 saturated heterocycles. The van der Waals surface area contributed by atoms with Gasteiger partial charge in [0, 0.05) is 12.6 Å². The van der Waals surface area contributed by atoms with Gasteiger partial charge in [0.2, 0.25) is 0 Å². The number of aryl methyl sites for hydroxylation is 1. The molecule has 0 atom stereocenters. The summed E-state index contributed by atoms with van der Waals surface area (Å²) < 4.78 is 12.5. The summed E-state index contributed by atoms with van der Waals surface area (Å²) in [4.78, 5) is 11.2. The van der Waals surface area contributed by atoms with Crippen LogP contribution in [0.1, 0.15) is 22.6 Å². The molecule has 0 amide bonds. The first kappa shape index (κ1) is 15.8. The third kappa shape index (κ3) is 3.29. The number of aromatic nitrogens is 3. The van der Waals surface area contributed by atoms with E-state index in [1.54, 1.807) is 23.8 Å². The fourth-order valence-corrected chi connectivity index (χ4v) is 2.39. The Bertz CT molecular complexity index is 843. The molecule has 0 fully saturated rings. The second kappa shape index (κ2) is 6.99. The minimum absolute atomic E-state index is 0.144. The molecule has 0 unspecified atom stereocenters. The molecule has 0 bridgehead atoms. The fourth-order valence-electron chi connectivity index (χ4n) is 2.39. The summed E-state index contributed by atoms with van der Waals surface area (Å²) in [5, 5.41) is 17.2. The van der Waals surface area contributed by atoms with E-state index in [4.69, 9.17) is 14.6 Å². The molecule has 24 heavy (non-hydrogen) atoms. The molecule has 7 heteroatoms. The van der Waals surface area contributed by atoms with E-state index in [9.17, 15) is 4.79 Å². The lowest BCUT2D eigenvalue weighted by Crippen LogP contribution is -2.04. The van der Waals surface area contributed by atoms with Crippen molar-refractivity contribution in [2.24, 2.45) is 0 Å². The van der Waals surface area contributed by atoms with Crippen LogP contribution in [0.4, 0.5) is 0 Å². The second-order valence-electron chi connectivity index (χ2n) is 5.16. The first-order valence-corrected chi connectivity index (χ1v) is 7.52. The van der Waals surface area contributed by atoms with Gasteiger partial charge in [0.1, 0.15) is 22.9 Å². The van der Waals surface area contributed by atoms with E-state index in [-0.39, 0.29) is 5.56 Å². The molecule has 1 aromatic carbocycles. The van der Waals surface area contributed by atoms with E-state index in [2.05, 4.69) is 10.2 Å². The van der Waals surface area contributed by atoms with Crippen LogP contribution >= 0.6 is 0 Å². The Morgan fingerprint density at radius 3 is 2.62 bits per heavy atom. The van der Waals surface area contributed by atoms with Crippen LogP contribution in [0, 0.1) is 0 Å². The van der Waals surface area contributed by atoms with Gasteiger partial charge in [0.05, 0.1) is 13.7 Å². The summed E-state index contributed by atoms with van der Waals surface area (Å²) in [6.07, 6.45) is 3.14. The Kier molecular flexibility index (Phi) is 4.60. The molecule has 124 valence electrons. The van der Waals surface area contributed by atoms with Crippen LogP contribution in [0.2, 0.25) is 0 Å². The van der Waals surface area contributed by atoms with Crippen molar-refractivity contribution in [2.75, 3.05) is 13.7 Å². The highest BCUT2D eigenvalue weighted by molar-refractivity contribution is 5.94. The minimum atomic E-state index is -1.01. The summed E-state index contributed by atoms with van der Waals surface area (Å²) in [5.41, 5.74) is 0.502. The number of fused-ring (bicyclic) bond motifs is 1. The summed E-state index contributed by atoms with van der Waals surface area (Å²) in [6.45, 7) is 0.528. The van der Waals surface area contributed by atoms with E-state index < -0.39 is 5.97 Å². The third-order valence-electron chi connectivity index (χ3n) is 3.61. The highest BCUT2D eigenvalue weighted by Crippen LogP contribution is 2.17. The molecule has 3 aromatic rings. The number of carbonyl (C=O) groups is 1. The van der Waals surface area contributed by atoms with Gasteiger partial charge in [-0.25, -0.2) is 4.79 Å². The van der Waals surface area contributed by atoms with E-state index in [0.29, 0.717) is 24.5 Å². The van der Waals surface area contributed by atoms with Gasteiger partial charge in [-0.2, -0.15) is 0 Å². The molecule has 7 nitrogen and oxygen atoms in total. The van der Waals surface area contributed by atoms with E-state index >= 15 is 0 Å². The molecule has 0 aliphatic carbocycles. The lowest BCUT2D eigenvalue weighted by Gasteiger charge is -2.06. The van der Waals surface area contributed by atoms with Crippen LogP contribution in [0.15, 0.2) is 42.6 Å². The molecule has 0 aliphatic heterocycles. The van der Waals surface area contributed by atoms with Gasteiger partial charge in [-0.05, 0) is 42.8 Å². The highest BCUT2D eigenvalue weighted by atomic mass is 16.5. The van der Waals surface area contributed by atoms with Crippen molar-refractivity contribution in [3.63, 3.8) is 0 Å². The Hall–Kier alpha value is -3.09. The number of hydrogen-bond acceptors (Lipinski definition) is 5. The fraction of sp³-hybridized carbons (Fsp3) is 0.235. The van der Waals surface area contributed by atoms with Crippen LogP contribution in [0.25, 0.3) is 5.65 Å². The van der Waals surface area contributed by atoms with Gasteiger partial charge in [-0.15, -0.1) is 10.2 Å². The molecule has 0 radical (unpaired) electrons. The maximum atomic E-state index is 11.2. The number of methoxy groups -OCH3 is 1. The number of rotatable bonds is 7. The van der Waals surface area contributed by atoms with Crippen molar-refractivity contribution in [2.45, 2.75) is 12.8 Å². The van der Waals surface area contributed by atoms with E-state index in [1.807, 2.05) is 24.3 Å². The Morgan fingerprint density at radius 1 is 1.17 bits per heavy atom. The van der Waals surface area contributed by atoms with Crippen LogP contribution in [-0.2, 0) is 6.42 Å². The first-order valence-electron chi connectivity index (χ1n) is 7.52. The van der Waals surface area contributed by atoms with Gasteiger partial charge >= 0.3 is 5.97 Å². The molecule has 0 spiro atoms. The average Bonchev–Trinajstić information content (AvgIpc) is 3.02. The predicted molar refractivity (Wildman–Crippen MR) is 86.8 cm³/mol. The smallest absolute Gasteiger partial charge is 0.339 e. The summed E-state index contributed by atoms with van der Waals surface area (Å²) in [7, 11) is 1.62. The van der Waals surface area contributed by atoms with Crippen molar-refractivity contribution < 1.29 is 19.4 Å². The third-order valence-corrected chi connectivity index (χ3v) is 3.61. The van der Waals surface area contributed by atoms with Crippen molar-refractivity contribution in [1.82, 2.24) is 14.6 Å². The number of carboxylic acid groups (broad SMARTS) is 1. The van der Waals surface area contributed by atoms with Gasteiger partial charge in [0.15, 0.2) is 5.65 Å². The standard InChI is InChI=1S/C17H17N3O4/c1-23-12-6-8-13(9-7-12)24-11-3-5-15-18-19-16-14(17(21)22)4-2-10-20(15)16/h2,4,6-10H,3,5,11H2,1H3,(H,21,22). The summed E-state index contributed by atoms with van der Waals surface area (Å²) in [6, 6.07) is 10.6. The molecular weight excluding hydrogens is 310 g/mol. The largest absolute Gasteiger partial charge is 0.497 e. The van der Waals surface area contributed by atoms with Crippen LogP contribution in [-0.4, -0.2) is 39.4 Å². The number of pyridine rings is 1. The predicted octanol–water partition coefficient (Wildman–Crippen LogP) is 2.45.